The maximum Gasteiger partial charge on any atom is 0.267 e. The Hall–Kier alpha value is -1.07. The molecule has 21 heavy (non-hydrogen) atoms. The summed E-state index contributed by atoms with van der Waals surface area (Å²) in [4.78, 5) is 17.9. The number of carbonyl (C=O) groups excluding carboxylic acids is 1. The van der Waals surface area contributed by atoms with Crippen LogP contribution >= 0.6 is 0 Å². The summed E-state index contributed by atoms with van der Waals surface area (Å²) in [7, 11) is 0. The van der Waals surface area contributed by atoms with Crippen molar-refractivity contribution >= 4 is 5.91 Å². The van der Waals surface area contributed by atoms with E-state index in [1.165, 1.54) is 12.8 Å². The number of nitrogens with one attached hydrogen (secondary N) is 2. The number of hydrogen-bond donors (Lipinski definition) is 3. The van der Waals surface area contributed by atoms with Crippen molar-refractivity contribution in [3.63, 3.8) is 0 Å². The fourth-order valence-corrected chi connectivity index (χ4v) is 4.08. The molecule has 1 saturated heterocycles. The van der Waals surface area contributed by atoms with Crippen LogP contribution in [-0.2, 0) is 9.63 Å². The van der Waals surface area contributed by atoms with E-state index in [-0.39, 0.29) is 11.5 Å². The molecular weight excluding hydrogens is 266 g/mol. The maximum atomic E-state index is 11.8. The fourth-order valence-electron chi connectivity index (χ4n) is 4.08. The summed E-state index contributed by atoms with van der Waals surface area (Å²) in [5, 5.41) is 3.42. The SMILES string of the molecule is CCCCC1=C(C(N)=O)NOC1(C1CCNCC1)C1CC1. The molecule has 3 aliphatic rings. The van der Waals surface area contributed by atoms with Crippen molar-refractivity contribution in [2.24, 2.45) is 17.6 Å². The van der Waals surface area contributed by atoms with Gasteiger partial charge in [-0.2, -0.15) is 0 Å². The molecule has 0 spiro atoms. The summed E-state index contributed by atoms with van der Waals surface area (Å²) in [6.07, 6.45) is 7.74. The zero-order valence-electron chi connectivity index (χ0n) is 12.9. The van der Waals surface area contributed by atoms with Gasteiger partial charge in [0.1, 0.15) is 11.3 Å². The van der Waals surface area contributed by atoms with Crippen LogP contribution in [0.15, 0.2) is 11.3 Å². The third kappa shape index (κ3) is 2.57. The van der Waals surface area contributed by atoms with Gasteiger partial charge in [-0.15, -0.1) is 0 Å². The molecule has 1 unspecified atom stereocenters. The van der Waals surface area contributed by atoms with Gasteiger partial charge in [-0.1, -0.05) is 13.3 Å². The minimum Gasteiger partial charge on any atom is -0.364 e. The molecule has 5 heteroatoms. The summed E-state index contributed by atoms with van der Waals surface area (Å²) in [6, 6.07) is 0. The first-order valence-corrected chi connectivity index (χ1v) is 8.38. The molecule has 0 radical (unpaired) electrons. The molecule has 4 N–H and O–H groups in total. The Labute approximate surface area is 126 Å². The van der Waals surface area contributed by atoms with Crippen LogP contribution in [0.1, 0.15) is 51.9 Å². The Balaban J connectivity index is 1.95. The average molecular weight is 293 g/mol. The molecule has 1 atom stereocenters. The van der Waals surface area contributed by atoms with Crippen LogP contribution in [0.2, 0.25) is 0 Å². The van der Waals surface area contributed by atoms with Gasteiger partial charge in [-0.25, -0.2) is 0 Å². The van der Waals surface area contributed by atoms with Crippen LogP contribution in [0.4, 0.5) is 0 Å². The number of unbranched alkanes of at least 4 members (excludes halogenated alkanes) is 1. The highest BCUT2D eigenvalue weighted by atomic mass is 16.7. The number of primary amides is 1. The third-order valence-corrected chi connectivity index (χ3v) is 5.25. The fraction of sp³-hybridized carbons (Fsp3) is 0.812. The lowest BCUT2D eigenvalue weighted by Crippen LogP contribution is -2.48. The highest BCUT2D eigenvalue weighted by molar-refractivity contribution is 5.92. The van der Waals surface area contributed by atoms with E-state index in [9.17, 15) is 4.79 Å². The number of rotatable bonds is 6. The van der Waals surface area contributed by atoms with Gasteiger partial charge in [0.25, 0.3) is 5.91 Å². The minimum atomic E-state index is -0.377. The molecule has 1 amide bonds. The summed E-state index contributed by atoms with van der Waals surface area (Å²) in [6.45, 7) is 4.25. The van der Waals surface area contributed by atoms with Crippen LogP contribution in [0, 0.1) is 11.8 Å². The molecule has 2 aliphatic heterocycles. The van der Waals surface area contributed by atoms with Gasteiger partial charge in [0.15, 0.2) is 0 Å². The van der Waals surface area contributed by atoms with Crippen LogP contribution in [0.5, 0.6) is 0 Å². The van der Waals surface area contributed by atoms with Crippen LogP contribution < -0.4 is 16.5 Å². The molecular formula is C16H27N3O2. The Bertz CT molecular complexity index is 439. The van der Waals surface area contributed by atoms with Crippen molar-refractivity contribution < 1.29 is 9.63 Å². The van der Waals surface area contributed by atoms with E-state index in [0.717, 1.165) is 50.8 Å². The first-order chi connectivity index (χ1) is 10.2. The van der Waals surface area contributed by atoms with Gasteiger partial charge >= 0.3 is 0 Å². The summed E-state index contributed by atoms with van der Waals surface area (Å²) < 4.78 is 0. The Morgan fingerprint density at radius 1 is 1.29 bits per heavy atom. The van der Waals surface area contributed by atoms with Crippen molar-refractivity contribution in [1.82, 2.24) is 10.8 Å². The molecule has 3 rings (SSSR count). The summed E-state index contributed by atoms with van der Waals surface area (Å²) in [5.41, 5.74) is 9.91. The molecule has 2 heterocycles. The lowest BCUT2D eigenvalue weighted by atomic mass is 9.71. The zero-order chi connectivity index (χ0) is 14.9. The van der Waals surface area contributed by atoms with Crippen molar-refractivity contribution in [3.8, 4) is 0 Å². The predicted molar refractivity (Wildman–Crippen MR) is 81.0 cm³/mol. The van der Waals surface area contributed by atoms with E-state index in [4.69, 9.17) is 10.6 Å². The number of hydrogen-bond acceptors (Lipinski definition) is 4. The molecule has 0 bridgehead atoms. The first kappa shape index (κ1) is 14.9. The lowest BCUT2D eigenvalue weighted by Gasteiger charge is -2.40. The lowest BCUT2D eigenvalue weighted by molar-refractivity contribution is -0.120. The van der Waals surface area contributed by atoms with E-state index >= 15 is 0 Å². The van der Waals surface area contributed by atoms with Gasteiger partial charge in [0, 0.05) is 0 Å². The second-order valence-corrected chi connectivity index (χ2v) is 6.62. The molecule has 1 saturated carbocycles. The van der Waals surface area contributed by atoms with E-state index in [1.807, 2.05) is 0 Å². The minimum absolute atomic E-state index is 0.276. The highest BCUT2D eigenvalue weighted by Gasteiger charge is 2.58. The second kappa shape index (κ2) is 5.97. The van der Waals surface area contributed by atoms with Crippen molar-refractivity contribution in [3.05, 3.63) is 11.3 Å². The Morgan fingerprint density at radius 2 is 1.95 bits per heavy atom. The van der Waals surface area contributed by atoms with Gasteiger partial charge in [-0.3, -0.25) is 15.1 Å². The summed E-state index contributed by atoms with van der Waals surface area (Å²) >= 11 is 0. The van der Waals surface area contributed by atoms with Crippen LogP contribution in [0.25, 0.3) is 0 Å². The number of piperidine rings is 1. The molecule has 5 nitrogen and oxygen atoms in total. The Morgan fingerprint density at radius 3 is 2.52 bits per heavy atom. The predicted octanol–water partition coefficient (Wildman–Crippen LogP) is 1.60. The average Bonchev–Trinajstić information content (AvgIpc) is 3.27. The maximum absolute atomic E-state index is 11.8. The first-order valence-electron chi connectivity index (χ1n) is 8.38. The molecule has 0 aromatic rings. The normalized spacial score (nSPS) is 30.5. The van der Waals surface area contributed by atoms with Crippen LogP contribution in [-0.4, -0.2) is 24.6 Å². The standard InChI is InChI=1S/C16H27N3O2/c1-2-3-4-13-14(15(17)20)19-21-16(13,11-5-6-11)12-7-9-18-10-8-12/h11-12,18-19H,2-10H2,1H3,(H2,17,20). The second-order valence-electron chi connectivity index (χ2n) is 6.62. The van der Waals surface area contributed by atoms with E-state index < -0.39 is 0 Å². The third-order valence-electron chi connectivity index (χ3n) is 5.25. The summed E-state index contributed by atoms with van der Waals surface area (Å²) in [5.74, 6) is 0.664. The quantitative estimate of drug-likeness (QED) is 0.695. The van der Waals surface area contributed by atoms with Crippen molar-refractivity contribution in [2.75, 3.05) is 13.1 Å². The van der Waals surface area contributed by atoms with Crippen molar-refractivity contribution in [1.29, 1.82) is 0 Å². The monoisotopic (exact) mass is 293 g/mol. The van der Waals surface area contributed by atoms with Gasteiger partial charge in [0.05, 0.1) is 0 Å². The van der Waals surface area contributed by atoms with Gasteiger partial charge in [-0.05, 0) is 69.0 Å². The number of carbonyl (C=O) groups is 1. The molecule has 2 fully saturated rings. The highest BCUT2D eigenvalue weighted by Crippen LogP contribution is 2.55. The van der Waals surface area contributed by atoms with E-state index in [1.54, 1.807) is 0 Å². The molecule has 0 aromatic carbocycles. The smallest absolute Gasteiger partial charge is 0.267 e. The Kier molecular flexibility index (Phi) is 4.22. The number of nitrogens with two attached hydrogens (primary N) is 1. The van der Waals surface area contributed by atoms with Gasteiger partial charge < -0.3 is 11.1 Å². The molecule has 1 aliphatic carbocycles. The van der Waals surface area contributed by atoms with E-state index in [0.29, 0.717) is 17.5 Å². The van der Waals surface area contributed by atoms with Crippen LogP contribution in [0.3, 0.4) is 0 Å². The molecule has 118 valence electrons. The zero-order valence-corrected chi connectivity index (χ0v) is 12.9. The van der Waals surface area contributed by atoms with Crippen molar-refractivity contribution in [2.45, 2.75) is 57.5 Å². The topological polar surface area (TPSA) is 76.4 Å². The number of hydroxylamine groups is 1. The molecule has 0 aromatic heterocycles. The van der Waals surface area contributed by atoms with Gasteiger partial charge in [0.2, 0.25) is 0 Å². The largest absolute Gasteiger partial charge is 0.364 e. The van der Waals surface area contributed by atoms with E-state index in [2.05, 4.69) is 17.7 Å². The number of amides is 1.